The summed E-state index contributed by atoms with van der Waals surface area (Å²) in [5, 5.41) is 6.13. The second kappa shape index (κ2) is 5.80. The average Bonchev–Trinajstić information content (AvgIpc) is 2.90. The SMILES string of the molecule is CS(=O)(=O)NCC1CCCN(S(=O)(=O)c2cn[nH]c2)C1. The summed E-state index contributed by atoms with van der Waals surface area (Å²) in [5.74, 6) is -0.0137. The minimum absolute atomic E-state index is 0.0137. The number of piperidine rings is 1. The fourth-order valence-corrected chi connectivity index (χ4v) is 4.21. The molecule has 1 saturated heterocycles. The van der Waals surface area contributed by atoms with E-state index in [1.165, 1.54) is 16.7 Å². The summed E-state index contributed by atoms with van der Waals surface area (Å²) in [4.78, 5) is 0.134. The van der Waals surface area contributed by atoms with Gasteiger partial charge in [-0.1, -0.05) is 0 Å². The number of nitrogens with one attached hydrogen (secondary N) is 2. The third kappa shape index (κ3) is 3.78. The highest BCUT2D eigenvalue weighted by molar-refractivity contribution is 7.89. The van der Waals surface area contributed by atoms with Crippen LogP contribution >= 0.6 is 0 Å². The summed E-state index contributed by atoms with van der Waals surface area (Å²) in [7, 11) is -6.80. The molecule has 0 aromatic carbocycles. The van der Waals surface area contributed by atoms with Crippen molar-refractivity contribution in [3.8, 4) is 0 Å². The minimum atomic E-state index is -3.54. The molecule has 114 valence electrons. The molecule has 1 unspecified atom stereocenters. The van der Waals surface area contributed by atoms with E-state index in [0.29, 0.717) is 19.5 Å². The number of aromatic amines is 1. The van der Waals surface area contributed by atoms with E-state index in [1.54, 1.807) is 0 Å². The Balaban J connectivity index is 2.04. The van der Waals surface area contributed by atoms with Gasteiger partial charge in [0.2, 0.25) is 20.0 Å². The van der Waals surface area contributed by atoms with E-state index in [1.807, 2.05) is 0 Å². The highest BCUT2D eigenvalue weighted by Gasteiger charge is 2.30. The van der Waals surface area contributed by atoms with E-state index < -0.39 is 20.0 Å². The molecule has 1 aliphatic rings. The summed E-state index contributed by atoms with van der Waals surface area (Å²) in [6.45, 7) is 1.02. The van der Waals surface area contributed by atoms with Gasteiger partial charge < -0.3 is 0 Å². The molecule has 0 aliphatic carbocycles. The predicted octanol–water partition coefficient (Wildman–Crippen LogP) is -0.640. The Kier molecular flexibility index (Phi) is 4.47. The lowest BCUT2D eigenvalue weighted by Gasteiger charge is -2.31. The van der Waals surface area contributed by atoms with E-state index >= 15 is 0 Å². The standard InChI is InChI=1S/C10H18N4O4S2/c1-19(15,16)13-5-9-3-2-4-14(8-9)20(17,18)10-6-11-12-7-10/h6-7,9,13H,2-5,8H2,1H3,(H,11,12). The first kappa shape index (κ1) is 15.4. The Bertz CT molecular complexity index is 639. The predicted molar refractivity (Wildman–Crippen MR) is 72.9 cm³/mol. The molecule has 10 heteroatoms. The largest absolute Gasteiger partial charge is 0.284 e. The van der Waals surface area contributed by atoms with E-state index in [9.17, 15) is 16.8 Å². The Morgan fingerprint density at radius 2 is 2.20 bits per heavy atom. The van der Waals surface area contributed by atoms with Crippen molar-refractivity contribution < 1.29 is 16.8 Å². The molecule has 0 saturated carbocycles. The molecular weight excluding hydrogens is 304 g/mol. The molecule has 2 N–H and O–H groups in total. The summed E-state index contributed by atoms with van der Waals surface area (Å²) < 4.78 is 50.6. The number of hydrogen-bond donors (Lipinski definition) is 2. The monoisotopic (exact) mass is 322 g/mol. The summed E-state index contributed by atoms with van der Waals surface area (Å²) in [6.07, 6.45) is 5.23. The van der Waals surface area contributed by atoms with E-state index in [4.69, 9.17) is 0 Å². The van der Waals surface area contributed by atoms with Gasteiger partial charge in [0, 0.05) is 25.8 Å². The second-order valence-corrected chi connectivity index (χ2v) is 8.70. The van der Waals surface area contributed by atoms with Crippen molar-refractivity contribution >= 4 is 20.0 Å². The average molecular weight is 322 g/mol. The lowest BCUT2D eigenvalue weighted by Crippen LogP contribution is -2.43. The van der Waals surface area contributed by atoms with Crippen LogP contribution in [0.1, 0.15) is 12.8 Å². The fourth-order valence-electron chi connectivity index (χ4n) is 2.21. The maximum absolute atomic E-state index is 12.3. The maximum atomic E-state index is 12.3. The first-order valence-corrected chi connectivity index (χ1v) is 9.56. The lowest BCUT2D eigenvalue weighted by atomic mass is 10.0. The number of aromatic nitrogens is 2. The quantitative estimate of drug-likeness (QED) is 0.749. The normalized spacial score (nSPS) is 21.9. The molecule has 1 aliphatic heterocycles. The van der Waals surface area contributed by atoms with Crippen molar-refractivity contribution in [2.75, 3.05) is 25.9 Å². The number of hydrogen-bond acceptors (Lipinski definition) is 5. The van der Waals surface area contributed by atoms with Crippen LogP contribution in [-0.4, -0.2) is 57.2 Å². The Hall–Kier alpha value is -0.970. The van der Waals surface area contributed by atoms with Crippen molar-refractivity contribution in [1.82, 2.24) is 19.2 Å². The third-order valence-electron chi connectivity index (χ3n) is 3.23. The Morgan fingerprint density at radius 1 is 1.45 bits per heavy atom. The Morgan fingerprint density at radius 3 is 2.80 bits per heavy atom. The van der Waals surface area contributed by atoms with Crippen molar-refractivity contribution in [3.05, 3.63) is 12.4 Å². The van der Waals surface area contributed by atoms with Crippen LogP contribution < -0.4 is 4.72 Å². The van der Waals surface area contributed by atoms with Crippen molar-refractivity contribution in [2.24, 2.45) is 5.92 Å². The number of rotatable bonds is 5. The van der Waals surface area contributed by atoms with Crippen LogP contribution in [0.3, 0.4) is 0 Å². The second-order valence-electron chi connectivity index (χ2n) is 4.93. The van der Waals surface area contributed by atoms with Gasteiger partial charge in [0.1, 0.15) is 4.90 Å². The molecule has 1 fully saturated rings. The van der Waals surface area contributed by atoms with Crippen LogP contribution in [0.15, 0.2) is 17.3 Å². The van der Waals surface area contributed by atoms with Crippen LogP contribution in [0.2, 0.25) is 0 Å². The van der Waals surface area contributed by atoms with Crippen LogP contribution in [0.25, 0.3) is 0 Å². The van der Waals surface area contributed by atoms with Crippen molar-refractivity contribution in [3.63, 3.8) is 0 Å². The van der Waals surface area contributed by atoms with Crippen LogP contribution in [0.5, 0.6) is 0 Å². The highest BCUT2D eigenvalue weighted by Crippen LogP contribution is 2.22. The molecule has 0 bridgehead atoms. The zero-order valence-electron chi connectivity index (χ0n) is 11.1. The highest BCUT2D eigenvalue weighted by atomic mass is 32.2. The molecule has 8 nitrogen and oxygen atoms in total. The van der Waals surface area contributed by atoms with E-state index in [2.05, 4.69) is 14.9 Å². The van der Waals surface area contributed by atoms with Gasteiger partial charge in [-0.15, -0.1) is 0 Å². The first-order chi connectivity index (χ1) is 9.29. The van der Waals surface area contributed by atoms with Gasteiger partial charge in [0.25, 0.3) is 0 Å². The van der Waals surface area contributed by atoms with Gasteiger partial charge in [-0.25, -0.2) is 21.6 Å². The summed E-state index contributed by atoms with van der Waals surface area (Å²) in [6, 6.07) is 0. The third-order valence-corrected chi connectivity index (χ3v) is 5.75. The van der Waals surface area contributed by atoms with Crippen LogP contribution in [0, 0.1) is 5.92 Å². The number of H-pyrrole nitrogens is 1. The number of sulfonamides is 2. The zero-order valence-corrected chi connectivity index (χ0v) is 12.7. The number of nitrogens with zero attached hydrogens (tertiary/aromatic N) is 2. The van der Waals surface area contributed by atoms with Gasteiger partial charge in [-0.3, -0.25) is 5.10 Å². The molecule has 0 amide bonds. The minimum Gasteiger partial charge on any atom is -0.284 e. The summed E-state index contributed by atoms with van der Waals surface area (Å²) >= 11 is 0. The van der Waals surface area contributed by atoms with E-state index in [0.717, 1.165) is 12.7 Å². The van der Waals surface area contributed by atoms with Gasteiger partial charge in [0.05, 0.1) is 12.5 Å². The summed E-state index contributed by atoms with van der Waals surface area (Å²) in [5.41, 5.74) is 0. The molecule has 20 heavy (non-hydrogen) atoms. The zero-order chi connectivity index (χ0) is 14.8. The molecular formula is C10H18N4O4S2. The molecule has 2 rings (SSSR count). The smallest absolute Gasteiger partial charge is 0.246 e. The van der Waals surface area contributed by atoms with Gasteiger partial charge in [0.15, 0.2) is 0 Å². The van der Waals surface area contributed by atoms with Crippen molar-refractivity contribution in [1.29, 1.82) is 0 Å². The maximum Gasteiger partial charge on any atom is 0.246 e. The molecule has 0 spiro atoms. The van der Waals surface area contributed by atoms with Crippen molar-refractivity contribution in [2.45, 2.75) is 17.7 Å². The first-order valence-electron chi connectivity index (χ1n) is 6.22. The van der Waals surface area contributed by atoms with E-state index in [-0.39, 0.29) is 17.4 Å². The molecule has 2 heterocycles. The molecule has 1 atom stereocenters. The molecule has 0 radical (unpaired) electrons. The topological polar surface area (TPSA) is 112 Å². The fraction of sp³-hybridized carbons (Fsp3) is 0.700. The van der Waals surface area contributed by atoms with Gasteiger partial charge >= 0.3 is 0 Å². The van der Waals surface area contributed by atoms with Gasteiger partial charge in [-0.2, -0.15) is 9.40 Å². The Labute approximate surface area is 118 Å². The molecule has 1 aromatic rings. The molecule has 1 aromatic heterocycles. The van der Waals surface area contributed by atoms with Crippen LogP contribution in [0.4, 0.5) is 0 Å². The van der Waals surface area contributed by atoms with Crippen LogP contribution in [-0.2, 0) is 20.0 Å². The lowest BCUT2D eigenvalue weighted by molar-refractivity contribution is 0.267. The van der Waals surface area contributed by atoms with Gasteiger partial charge in [-0.05, 0) is 18.8 Å².